The first-order valence-corrected chi connectivity index (χ1v) is 9.40. The predicted molar refractivity (Wildman–Crippen MR) is 86.1 cm³/mol. The second-order valence-corrected chi connectivity index (χ2v) is 7.96. The number of hydrogen-bond acceptors (Lipinski definition) is 8. The Hall–Kier alpha value is -2.27. The summed E-state index contributed by atoms with van der Waals surface area (Å²) in [6, 6.07) is 0. The van der Waals surface area contributed by atoms with Crippen LogP contribution in [0, 0.1) is 6.92 Å². The van der Waals surface area contributed by atoms with Crippen LogP contribution in [-0.2, 0) is 25.1 Å². The molecule has 9 nitrogen and oxygen atoms in total. The highest BCUT2D eigenvalue weighted by Crippen LogP contribution is 2.27. The summed E-state index contributed by atoms with van der Waals surface area (Å²) in [4.78, 5) is 41.4. The normalized spacial score (nSPS) is 11.6. The van der Waals surface area contributed by atoms with Crippen molar-refractivity contribution in [2.75, 3.05) is 12.4 Å². The maximum Gasteiger partial charge on any atom is 0.348 e. The molecule has 2 N–H and O–H groups in total. The summed E-state index contributed by atoms with van der Waals surface area (Å²) in [7, 11) is -3.97. The van der Waals surface area contributed by atoms with E-state index < -0.39 is 38.8 Å². The number of aliphatic carboxylic acids is 1. The first-order valence-electron chi connectivity index (χ1n) is 6.76. The van der Waals surface area contributed by atoms with Crippen LogP contribution < -0.4 is 5.56 Å². The monoisotopic (exact) mass is 374 g/mol. The molecule has 0 aromatic carbocycles. The first-order chi connectivity index (χ1) is 11.1. The van der Waals surface area contributed by atoms with Crippen molar-refractivity contribution in [3.8, 4) is 0 Å². The quantitative estimate of drug-likeness (QED) is 0.694. The molecule has 0 bridgehead atoms. The summed E-state index contributed by atoms with van der Waals surface area (Å²) in [5.41, 5.74) is -0.188. The lowest BCUT2D eigenvalue weighted by molar-refractivity contribution is -0.134. The summed E-state index contributed by atoms with van der Waals surface area (Å²) in [5, 5.41) is 8.77. The molecule has 130 valence electrons. The second-order valence-electron chi connectivity index (χ2n) is 4.90. The SMILES string of the molecule is CCOC(=O)c1sc2nc(CS(=O)(=O)CC(=O)O)[nH]c(=O)c2c1C. The van der Waals surface area contributed by atoms with E-state index >= 15 is 0 Å². The van der Waals surface area contributed by atoms with Gasteiger partial charge in [-0.2, -0.15) is 0 Å². The van der Waals surface area contributed by atoms with Crippen molar-refractivity contribution in [2.24, 2.45) is 0 Å². The van der Waals surface area contributed by atoms with Gasteiger partial charge in [0.2, 0.25) is 0 Å². The molecule has 0 spiro atoms. The molecule has 11 heteroatoms. The van der Waals surface area contributed by atoms with Crippen LogP contribution in [0.3, 0.4) is 0 Å². The fourth-order valence-corrected chi connectivity index (χ4v) is 4.22. The summed E-state index contributed by atoms with van der Waals surface area (Å²) in [6.45, 7) is 3.40. The topological polar surface area (TPSA) is 143 Å². The van der Waals surface area contributed by atoms with Gasteiger partial charge in [-0.25, -0.2) is 18.2 Å². The average Bonchev–Trinajstić information content (AvgIpc) is 2.74. The van der Waals surface area contributed by atoms with E-state index in [4.69, 9.17) is 9.84 Å². The lowest BCUT2D eigenvalue weighted by Gasteiger charge is -2.01. The molecule has 0 aliphatic heterocycles. The molecular weight excluding hydrogens is 360 g/mol. The summed E-state index contributed by atoms with van der Waals surface area (Å²) in [5.74, 6) is -4.03. The molecule has 2 aromatic rings. The molecule has 0 saturated heterocycles. The molecule has 2 rings (SSSR count). The van der Waals surface area contributed by atoms with Crippen LogP contribution in [0.4, 0.5) is 0 Å². The number of aromatic amines is 1. The number of carboxylic acids is 1. The molecule has 0 radical (unpaired) electrons. The zero-order chi connectivity index (χ0) is 18.1. The molecular formula is C13H14N2O7S2. The Labute approximate surface area is 140 Å². The number of carbonyl (C=O) groups is 2. The Balaban J connectivity index is 2.49. The number of nitrogens with zero attached hydrogens (tertiary/aromatic N) is 1. The van der Waals surface area contributed by atoms with E-state index in [0.717, 1.165) is 11.3 Å². The number of nitrogens with one attached hydrogen (secondary N) is 1. The van der Waals surface area contributed by atoms with Gasteiger partial charge in [0, 0.05) is 0 Å². The van der Waals surface area contributed by atoms with Gasteiger partial charge >= 0.3 is 11.9 Å². The molecule has 24 heavy (non-hydrogen) atoms. The van der Waals surface area contributed by atoms with Crippen LogP contribution in [0.2, 0.25) is 0 Å². The summed E-state index contributed by atoms with van der Waals surface area (Å²) < 4.78 is 28.3. The van der Waals surface area contributed by atoms with E-state index in [9.17, 15) is 22.8 Å². The molecule has 0 aliphatic rings. The van der Waals surface area contributed by atoms with Gasteiger partial charge in [0.1, 0.15) is 27.0 Å². The Morgan fingerprint density at radius 2 is 2.04 bits per heavy atom. The summed E-state index contributed by atoms with van der Waals surface area (Å²) >= 11 is 0.923. The van der Waals surface area contributed by atoms with Crippen LogP contribution in [0.15, 0.2) is 4.79 Å². The number of thiophene rings is 1. The second kappa shape index (κ2) is 6.69. The van der Waals surface area contributed by atoms with Gasteiger partial charge in [0.05, 0.1) is 12.0 Å². The number of H-pyrrole nitrogens is 1. The lowest BCUT2D eigenvalue weighted by atomic mass is 10.2. The van der Waals surface area contributed by atoms with E-state index in [1.165, 1.54) is 0 Å². The lowest BCUT2D eigenvalue weighted by Crippen LogP contribution is -2.20. The van der Waals surface area contributed by atoms with Gasteiger partial charge in [0.25, 0.3) is 5.56 Å². The highest BCUT2D eigenvalue weighted by molar-refractivity contribution is 7.91. The predicted octanol–water partition coefficient (Wildman–Crippen LogP) is 0.469. The van der Waals surface area contributed by atoms with Crippen molar-refractivity contribution >= 4 is 43.3 Å². The fourth-order valence-electron chi connectivity index (χ4n) is 2.10. The van der Waals surface area contributed by atoms with E-state index in [1.54, 1.807) is 13.8 Å². The standard InChI is InChI=1S/C13H14N2O7S2/c1-3-22-13(19)10-6(2)9-11(18)14-7(15-12(9)23-10)4-24(20,21)5-8(16)17/h3-5H2,1-2H3,(H,16,17)(H,14,15,18). The van der Waals surface area contributed by atoms with Crippen LogP contribution in [0.1, 0.15) is 28.0 Å². The highest BCUT2D eigenvalue weighted by Gasteiger charge is 2.22. The molecule has 0 saturated carbocycles. The molecule has 2 aromatic heterocycles. The third-order valence-electron chi connectivity index (χ3n) is 3.01. The van der Waals surface area contributed by atoms with Crippen molar-refractivity contribution in [1.82, 2.24) is 9.97 Å². The average molecular weight is 374 g/mol. The number of ether oxygens (including phenoxy) is 1. The largest absolute Gasteiger partial charge is 0.480 e. The Bertz CT molecular complexity index is 972. The van der Waals surface area contributed by atoms with Gasteiger partial charge in [-0.15, -0.1) is 11.3 Å². The third-order valence-corrected chi connectivity index (χ3v) is 5.58. The number of aromatic nitrogens is 2. The van der Waals surface area contributed by atoms with E-state index in [1.807, 2.05) is 0 Å². The van der Waals surface area contributed by atoms with Crippen LogP contribution in [0.25, 0.3) is 10.2 Å². The molecule has 0 aliphatic carbocycles. The van der Waals surface area contributed by atoms with E-state index in [0.29, 0.717) is 5.56 Å². The molecule has 0 amide bonds. The van der Waals surface area contributed by atoms with Crippen LogP contribution in [-0.4, -0.2) is 47.8 Å². The zero-order valence-electron chi connectivity index (χ0n) is 12.8. The Morgan fingerprint density at radius 3 is 2.62 bits per heavy atom. The minimum atomic E-state index is -3.97. The van der Waals surface area contributed by atoms with Gasteiger partial charge in [-0.3, -0.25) is 9.59 Å². The van der Waals surface area contributed by atoms with Gasteiger partial charge in [-0.1, -0.05) is 0 Å². The van der Waals surface area contributed by atoms with Gasteiger partial charge < -0.3 is 14.8 Å². The van der Waals surface area contributed by atoms with Crippen molar-refractivity contribution < 1.29 is 27.9 Å². The van der Waals surface area contributed by atoms with Crippen molar-refractivity contribution in [2.45, 2.75) is 19.6 Å². The minimum absolute atomic E-state index is 0.176. The number of aryl methyl sites for hydroxylation is 1. The number of hydrogen-bond donors (Lipinski definition) is 2. The number of rotatable bonds is 6. The molecule has 0 atom stereocenters. The Kier molecular flexibility index (Phi) is 5.04. The van der Waals surface area contributed by atoms with Crippen LogP contribution in [0.5, 0.6) is 0 Å². The number of carbonyl (C=O) groups excluding carboxylic acids is 1. The molecule has 0 fully saturated rings. The van der Waals surface area contributed by atoms with Crippen LogP contribution >= 0.6 is 11.3 Å². The number of esters is 1. The van der Waals surface area contributed by atoms with Gasteiger partial charge in [-0.05, 0) is 19.4 Å². The molecule has 0 unspecified atom stereocenters. The fraction of sp³-hybridized carbons (Fsp3) is 0.385. The van der Waals surface area contributed by atoms with Crippen molar-refractivity contribution in [3.63, 3.8) is 0 Å². The van der Waals surface area contributed by atoms with Gasteiger partial charge in [0.15, 0.2) is 9.84 Å². The number of carboxylic acid groups (broad SMARTS) is 1. The van der Waals surface area contributed by atoms with Crippen molar-refractivity contribution in [3.05, 3.63) is 26.6 Å². The van der Waals surface area contributed by atoms with E-state index in [-0.39, 0.29) is 27.5 Å². The third kappa shape index (κ3) is 3.79. The zero-order valence-corrected chi connectivity index (χ0v) is 14.4. The minimum Gasteiger partial charge on any atom is -0.480 e. The Morgan fingerprint density at radius 1 is 1.38 bits per heavy atom. The van der Waals surface area contributed by atoms with Crippen molar-refractivity contribution in [1.29, 1.82) is 0 Å². The maximum absolute atomic E-state index is 12.2. The van der Waals surface area contributed by atoms with E-state index in [2.05, 4.69) is 9.97 Å². The number of sulfone groups is 1. The highest BCUT2D eigenvalue weighted by atomic mass is 32.2. The smallest absolute Gasteiger partial charge is 0.348 e. The number of fused-ring (bicyclic) bond motifs is 1. The first kappa shape index (κ1) is 18.1. The summed E-state index contributed by atoms with van der Waals surface area (Å²) in [6.07, 6.45) is 0. The maximum atomic E-state index is 12.2. The molecule has 2 heterocycles.